The number of nitrogen functional groups attached to an aromatic ring is 3. The number of carbonyl (C=O) groups excluding carboxylic acids is 3. The smallest absolute Gasteiger partial charge is 0.343 e. The third kappa shape index (κ3) is 10.7. The van der Waals surface area contributed by atoms with Gasteiger partial charge in [0.15, 0.2) is 75.2 Å². The molecule has 7 rings (SSSR count). The number of aromatic amines is 1. The minimum Gasteiger partial charge on any atom is -0.465 e. The van der Waals surface area contributed by atoms with Gasteiger partial charge in [0.25, 0.3) is 0 Å². The second-order valence-electron chi connectivity index (χ2n) is 19.1. The number of aliphatic hydroxyl groups is 2. The molecule has 0 spiro atoms. The number of aliphatic hydroxyl groups excluding tert-OH is 2. The van der Waals surface area contributed by atoms with E-state index in [0.717, 1.165) is 5.69 Å². The van der Waals surface area contributed by atoms with Gasteiger partial charge in [0.1, 0.15) is 25.1 Å². The van der Waals surface area contributed by atoms with Crippen LogP contribution in [0.25, 0.3) is 11.6 Å². The van der Waals surface area contributed by atoms with E-state index in [2.05, 4.69) is 66.1 Å². The van der Waals surface area contributed by atoms with Gasteiger partial charge in [-0.15, -0.1) is 30.7 Å². The van der Waals surface area contributed by atoms with E-state index >= 15 is 0 Å². The van der Waals surface area contributed by atoms with E-state index in [1.807, 2.05) is 62.3 Å². The van der Waals surface area contributed by atoms with E-state index in [-0.39, 0.29) is 80.0 Å². The Bertz CT molecular complexity index is 3100. The van der Waals surface area contributed by atoms with Gasteiger partial charge in [-0.1, -0.05) is 62.3 Å². The number of hydrogen-bond acceptors (Lipinski definition) is 23. The number of rotatable bonds is 13. The Kier molecular flexibility index (Phi) is 14.9. The van der Waals surface area contributed by atoms with Crippen molar-refractivity contribution in [3.8, 4) is 11.6 Å². The number of nitrogens with one attached hydrogen (secondary N) is 1. The summed E-state index contributed by atoms with van der Waals surface area (Å²) < 4.78 is 11.8. The summed E-state index contributed by atoms with van der Waals surface area (Å²) >= 11 is 0. The average molecular weight is 992 g/mol. The number of anilines is 3. The van der Waals surface area contributed by atoms with Crippen LogP contribution in [-0.4, -0.2) is 117 Å². The van der Waals surface area contributed by atoms with E-state index in [1.54, 1.807) is 27.2 Å². The monoisotopic (exact) mass is 991 g/mol. The third-order valence-corrected chi connectivity index (χ3v) is 10.6. The highest BCUT2D eigenvalue weighted by molar-refractivity contribution is 6.01. The van der Waals surface area contributed by atoms with Crippen LogP contribution in [0.5, 0.6) is 0 Å². The van der Waals surface area contributed by atoms with Gasteiger partial charge >= 0.3 is 5.97 Å². The summed E-state index contributed by atoms with van der Waals surface area (Å²) in [6.45, 7) is 16.3. The lowest BCUT2D eigenvalue weighted by atomic mass is 9.91. The average Bonchev–Trinajstić information content (AvgIpc) is 4.18. The van der Waals surface area contributed by atoms with Crippen molar-refractivity contribution >= 4 is 69.5 Å². The lowest BCUT2D eigenvalue weighted by molar-refractivity contribution is 0.0601. The molecule has 0 atom stereocenters. The van der Waals surface area contributed by atoms with Crippen LogP contribution in [0.4, 0.5) is 52.0 Å². The Morgan fingerprint density at radius 2 is 1.00 bits per heavy atom. The van der Waals surface area contributed by atoms with Crippen molar-refractivity contribution in [3.63, 3.8) is 0 Å². The second-order valence-corrected chi connectivity index (χ2v) is 19.1. The molecule has 380 valence electrons. The Morgan fingerprint density at radius 3 is 1.38 bits per heavy atom. The van der Waals surface area contributed by atoms with Crippen LogP contribution >= 0.6 is 0 Å². The van der Waals surface area contributed by atoms with Crippen LogP contribution in [0.15, 0.2) is 61.7 Å². The van der Waals surface area contributed by atoms with Crippen LogP contribution < -0.4 is 17.2 Å². The van der Waals surface area contributed by atoms with Crippen LogP contribution in [0.3, 0.4) is 0 Å². The molecular formula is C43H57N23O6. The maximum absolute atomic E-state index is 12.3. The van der Waals surface area contributed by atoms with Gasteiger partial charge in [-0.05, 0) is 0 Å². The van der Waals surface area contributed by atoms with Crippen LogP contribution in [0, 0.1) is 0 Å². The SMILES string of the molecule is COC(=O)c1cnn(C)c1N=Nc1c(C(C)(C)C)nn(-c2cc(-n3nc(C(C)(C)C)c(N=Nc4c(C(=O)CO)cnn4C)c3N)ncn2)c1N.Cn1ncc(C(=O)CO)c1N=Nc1c(N)n[nH]c1C(C)(C)C. The highest BCUT2D eigenvalue weighted by atomic mass is 16.5. The fourth-order valence-corrected chi connectivity index (χ4v) is 6.70. The van der Waals surface area contributed by atoms with Crippen LogP contribution in [0.1, 0.15) is 110 Å². The van der Waals surface area contributed by atoms with Gasteiger partial charge < -0.3 is 32.2 Å². The van der Waals surface area contributed by atoms with E-state index in [9.17, 15) is 19.5 Å². The Hall–Kier alpha value is -8.73. The number of carbonyl (C=O) groups is 3. The molecule has 29 heteroatoms. The summed E-state index contributed by atoms with van der Waals surface area (Å²) in [6.07, 6.45) is 5.30. The Balaban J connectivity index is 0.000000321. The van der Waals surface area contributed by atoms with Crippen LogP contribution in [0.2, 0.25) is 0 Å². The van der Waals surface area contributed by atoms with Gasteiger partial charge in [-0.2, -0.15) is 40.0 Å². The number of azo groups is 3. The number of hydrogen-bond donors (Lipinski definition) is 6. The zero-order valence-corrected chi connectivity index (χ0v) is 42.1. The first-order chi connectivity index (χ1) is 33.7. The number of nitrogens with two attached hydrogens (primary N) is 3. The summed E-state index contributed by atoms with van der Waals surface area (Å²) in [4.78, 5) is 45.0. The first-order valence-corrected chi connectivity index (χ1v) is 21.9. The topological polar surface area (TPSA) is 397 Å². The number of nitrogens with zero attached hydrogens (tertiary/aromatic N) is 19. The third-order valence-electron chi connectivity index (χ3n) is 10.6. The van der Waals surface area contributed by atoms with Crippen LogP contribution in [-0.2, 0) is 42.1 Å². The number of aromatic nitrogens is 14. The first-order valence-electron chi connectivity index (χ1n) is 21.9. The molecule has 0 aliphatic rings. The first kappa shape index (κ1) is 52.6. The largest absolute Gasteiger partial charge is 0.465 e. The van der Waals surface area contributed by atoms with Crippen molar-refractivity contribution in [2.75, 3.05) is 37.5 Å². The maximum Gasteiger partial charge on any atom is 0.343 e. The molecule has 0 radical (unpaired) electrons. The van der Waals surface area contributed by atoms with E-state index in [1.165, 1.54) is 55.4 Å². The Labute approximate surface area is 411 Å². The van der Waals surface area contributed by atoms with Crippen molar-refractivity contribution in [3.05, 3.63) is 64.8 Å². The summed E-state index contributed by atoms with van der Waals surface area (Å²) in [5.74, 6) is -0.0902. The molecule has 0 aliphatic heterocycles. The number of Topliss-reactive ketones (excluding diaryl/α,β-unsaturated/α-hetero) is 2. The zero-order valence-electron chi connectivity index (χ0n) is 42.1. The predicted octanol–water partition coefficient (Wildman–Crippen LogP) is 5.48. The molecular weight excluding hydrogens is 935 g/mol. The van der Waals surface area contributed by atoms with Crippen molar-refractivity contribution in [2.45, 2.75) is 78.6 Å². The minimum absolute atomic E-state index is 0.108. The number of ketones is 2. The fraction of sp³-hybridized carbons (Fsp3) is 0.419. The molecule has 7 aromatic rings. The van der Waals surface area contributed by atoms with Gasteiger partial charge in [0, 0.05) is 43.5 Å². The van der Waals surface area contributed by atoms with Crippen molar-refractivity contribution in [1.82, 2.24) is 69.1 Å². The molecule has 0 fully saturated rings. The van der Waals surface area contributed by atoms with Gasteiger partial charge in [0.05, 0.1) is 53.9 Å². The van der Waals surface area contributed by atoms with E-state index in [4.69, 9.17) is 37.2 Å². The van der Waals surface area contributed by atoms with Gasteiger partial charge in [-0.3, -0.25) is 14.7 Å². The lowest BCUT2D eigenvalue weighted by Crippen LogP contribution is -2.14. The quantitative estimate of drug-likeness (QED) is 0.0473. The van der Waals surface area contributed by atoms with Crippen molar-refractivity contribution in [1.29, 1.82) is 0 Å². The summed E-state index contributed by atoms with van der Waals surface area (Å²) in [7, 11) is 6.11. The number of ether oxygens (including phenoxy) is 1. The summed E-state index contributed by atoms with van der Waals surface area (Å²) in [5, 5.41) is 72.3. The predicted molar refractivity (Wildman–Crippen MR) is 261 cm³/mol. The van der Waals surface area contributed by atoms with Crippen molar-refractivity contribution < 1.29 is 29.3 Å². The summed E-state index contributed by atoms with van der Waals surface area (Å²) in [6, 6.07) is 1.59. The lowest BCUT2D eigenvalue weighted by Gasteiger charge is -2.16. The molecule has 9 N–H and O–H groups in total. The number of esters is 1. The zero-order chi connectivity index (χ0) is 53.2. The number of aryl methyl sites for hydroxylation is 3. The summed E-state index contributed by atoms with van der Waals surface area (Å²) in [5.41, 5.74) is 20.9. The molecule has 0 aromatic carbocycles. The molecule has 72 heavy (non-hydrogen) atoms. The van der Waals surface area contributed by atoms with Crippen molar-refractivity contribution in [2.24, 2.45) is 51.8 Å². The van der Waals surface area contributed by atoms with Gasteiger partial charge in [-0.25, -0.2) is 28.8 Å². The Morgan fingerprint density at radius 1 is 0.611 bits per heavy atom. The molecule has 0 amide bonds. The molecule has 0 aliphatic carbocycles. The maximum atomic E-state index is 12.3. The highest BCUT2D eigenvalue weighted by Crippen LogP contribution is 2.41. The standard InChI is InChI=1S/C30H38N16O4.C13H19N7O2/c1-29(2,3)22-20(37-39-26-15(17(48)13-47)11-35-43(26)7)24(31)45(41-22)18-10-19(34-14-33-18)46-25(32)21(23(42-46)30(4,5)6)38-40-27-16(28(49)50-9)12-36-44(27)8;1-13(2,3)10-9(11(14)18-17-10)16-19-12-7(8(22)6-21)5-15-20(12)4/h10-12,14,47H,13,31-32H2,1-9H3;5,21H,6H2,1-4H3,(H3,14,17,18). The highest BCUT2D eigenvalue weighted by Gasteiger charge is 2.31. The van der Waals surface area contributed by atoms with E-state index in [0.29, 0.717) is 17.1 Å². The molecule has 0 unspecified atom stereocenters. The molecule has 7 heterocycles. The molecule has 0 saturated heterocycles. The molecule has 0 saturated carbocycles. The normalized spacial score (nSPS) is 12.4. The fourth-order valence-electron chi connectivity index (χ4n) is 6.70. The number of methoxy groups -OCH3 is 1. The molecule has 0 bridgehead atoms. The second kappa shape index (κ2) is 20.3. The van der Waals surface area contributed by atoms with E-state index < -0.39 is 41.6 Å². The van der Waals surface area contributed by atoms with Gasteiger partial charge in [0.2, 0.25) is 0 Å². The molecule has 29 nitrogen and oxygen atoms in total. The number of H-pyrrole nitrogens is 1. The minimum atomic E-state index is -0.708. The molecule has 7 aromatic heterocycles.